The Morgan fingerprint density at radius 2 is 1.81 bits per heavy atom. The Morgan fingerprint density at radius 3 is 2.62 bits per heavy atom. The van der Waals surface area contributed by atoms with Crippen molar-refractivity contribution < 1.29 is 28.5 Å². The molecule has 0 amide bonds. The van der Waals surface area contributed by atoms with Gasteiger partial charge in [-0.25, -0.2) is 9.59 Å². The van der Waals surface area contributed by atoms with Crippen molar-refractivity contribution in [1.82, 2.24) is 0 Å². The van der Waals surface area contributed by atoms with Crippen molar-refractivity contribution >= 4 is 12.3 Å². The Bertz CT molecular complexity index is 624. The van der Waals surface area contributed by atoms with Gasteiger partial charge in [0, 0.05) is 6.42 Å². The van der Waals surface area contributed by atoms with E-state index in [-0.39, 0.29) is 0 Å². The van der Waals surface area contributed by atoms with Gasteiger partial charge in [0.15, 0.2) is 12.2 Å². The molecule has 1 aromatic rings. The fourth-order valence-corrected chi connectivity index (χ4v) is 3.12. The second-order valence-corrected chi connectivity index (χ2v) is 5.28. The van der Waals surface area contributed by atoms with E-state index in [0.29, 0.717) is 6.42 Å². The Labute approximate surface area is 120 Å². The van der Waals surface area contributed by atoms with Crippen LogP contribution in [0.5, 0.6) is 0 Å². The van der Waals surface area contributed by atoms with Gasteiger partial charge in [-0.1, -0.05) is 36.4 Å². The highest BCUT2D eigenvalue weighted by Crippen LogP contribution is 2.45. The molecule has 0 spiro atoms. The highest BCUT2D eigenvalue weighted by Gasteiger charge is 2.62. The Hall–Kier alpha value is -2.34. The van der Waals surface area contributed by atoms with Gasteiger partial charge in [-0.15, -0.1) is 0 Å². The normalized spacial score (nSPS) is 36.5. The number of hydrogen-bond donors (Lipinski definition) is 0. The first kappa shape index (κ1) is 12.4. The van der Waals surface area contributed by atoms with Gasteiger partial charge in [0.05, 0.1) is 0 Å². The molecule has 108 valence electrons. The predicted molar refractivity (Wildman–Crippen MR) is 68.5 cm³/mol. The molecule has 0 saturated carbocycles. The van der Waals surface area contributed by atoms with Crippen LogP contribution in [0, 0.1) is 0 Å². The van der Waals surface area contributed by atoms with Crippen molar-refractivity contribution in [3.8, 4) is 0 Å². The molecular formula is C15H12O6. The predicted octanol–water partition coefficient (Wildman–Crippen LogP) is 1.98. The summed E-state index contributed by atoms with van der Waals surface area (Å²) < 4.78 is 20.7. The van der Waals surface area contributed by atoms with Gasteiger partial charge in [0.25, 0.3) is 0 Å². The minimum absolute atomic E-state index is 0.419. The number of fused-ring (bicyclic) bond motifs is 5. The van der Waals surface area contributed by atoms with Gasteiger partial charge in [0.1, 0.15) is 11.7 Å². The summed E-state index contributed by atoms with van der Waals surface area (Å²) in [6.45, 7) is 0. The van der Waals surface area contributed by atoms with Crippen LogP contribution in [0.1, 0.15) is 5.56 Å². The molecule has 3 aliphatic rings. The van der Waals surface area contributed by atoms with E-state index in [9.17, 15) is 9.59 Å². The van der Waals surface area contributed by atoms with Crippen LogP contribution in [0.3, 0.4) is 0 Å². The average Bonchev–Trinajstić information content (AvgIpc) is 2.92. The summed E-state index contributed by atoms with van der Waals surface area (Å²) >= 11 is 0. The lowest BCUT2D eigenvalue weighted by molar-refractivity contribution is -0.0401. The third kappa shape index (κ3) is 1.91. The fraction of sp³-hybridized carbons (Fsp3) is 0.333. The number of ether oxygens (including phenoxy) is 4. The van der Waals surface area contributed by atoms with E-state index in [1.807, 2.05) is 42.5 Å². The summed E-state index contributed by atoms with van der Waals surface area (Å²) in [5, 5.41) is 0. The maximum atomic E-state index is 11.5. The van der Waals surface area contributed by atoms with Gasteiger partial charge in [-0.3, -0.25) is 0 Å². The number of carbonyl (C=O) groups excluding carboxylic acids is 2. The van der Waals surface area contributed by atoms with Gasteiger partial charge in [0.2, 0.25) is 0 Å². The molecule has 0 aliphatic carbocycles. The minimum Gasteiger partial charge on any atom is -0.423 e. The number of hydrogen-bond acceptors (Lipinski definition) is 6. The van der Waals surface area contributed by atoms with Crippen LogP contribution in [0.25, 0.3) is 0 Å². The molecule has 3 aliphatic heterocycles. The molecule has 0 N–H and O–H groups in total. The molecule has 4 atom stereocenters. The number of cyclic esters (lactones) is 2. The third-order valence-corrected chi connectivity index (χ3v) is 3.97. The van der Waals surface area contributed by atoms with Crippen molar-refractivity contribution in [2.75, 3.05) is 0 Å². The fourth-order valence-electron chi connectivity index (χ4n) is 3.12. The van der Waals surface area contributed by atoms with E-state index >= 15 is 0 Å². The van der Waals surface area contributed by atoms with Crippen LogP contribution in [-0.2, 0) is 25.4 Å². The molecule has 4 rings (SSSR count). The summed E-state index contributed by atoms with van der Waals surface area (Å²) in [5.74, 6) is 0. The van der Waals surface area contributed by atoms with E-state index in [0.717, 1.165) is 5.56 Å². The van der Waals surface area contributed by atoms with Crippen LogP contribution in [-0.4, -0.2) is 36.2 Å². The van der Waals surface area contributed by atoms with Gasteiger partial charge in [-0.2, -0.15) is 0 Å². The maximum absolute atomic E-state index is 11.5. The smallest absolute Gasteiger partial charge is 0.423 e. The molecule has 6 nitrogen and oxygen atoms in total. The first-order chi connectivity index (χ1) is 10.2. The van der Waals surface area contributed by atoms with Gasteiger partial charge >= 0.3 is 12.3 Å². The third-order valence-electron chi connectivity index (χ3n) is 3.97. The van der Waals surface area contributed by atoms with E-state index in [1.54, 1.807) is 0 Å². The molecule has 1 aromatic carbocycles. The number of benzene rings is 1. The SMILES string of the molecule is O=C1OC(=O)OC2C(O1)C1C=CC2(Cc2ccccc2)O1. The molecule has 21 heavy (non-hydrogen) atoms. The molecule has 2 fully saturated rings. The van der Waals surface area contributed by atoms with E-state index < -0.39 is 36.2 Å². The molecule has 2 bridgehead atoms. The second kappa shape index (κ2) is 4.33. The summed E-state index contributed by atoms with van der Waals surface area (Å²) in [6.07, 6.45) is 0.333. The molecule has 4 unspecified atom stereocenters. The van der Waals surface area contributed by atoms with Crippen molar-refractivity contribution in [2.24, 2.45) is 0 Å². The zero-order valence-corrected chi connectivity index (χ0v) is 10.9. The Morgan fingerprint density at radius 1 is 1.05 bits per heavy atom. The quantitative estimate of drug-likeness (QED) is 0.471. The zero-order valence-electron chi connectivity index (χ0n) is 10.9. The lowest BCUT2D eigenvalue weighted by Gasteiger charge is -2.30. The van der Waals surface area contributed by atoms with E-state index in [1.165, 1.54) is 0 Å². The van der Waals surface area contributed by atoms with Crippen molar-refractivity contribution in [3.05, 3.63) is 48.0 Å². The number of carbonyl (C=O) groups is 2. The van der Waals surface area contributed by atoms with Crippen LogP contribution < -0.4 is 0 Å². The Balaban J connectivity index is 1.67. The summed E-state index contributed by atoms with van der Waals surface area (Å²) in [7, 11) is 0. The molecule has 6 heteroatoms. The highest BCUT2D eigenvalue weighted by molar-refractivity contribution is 5.78. The second-order valence-electron chi connectivity index (χ2n) is 5.28. The van der Waals surface area contributed by atoms with Crippen molar-refractivity contribution in [2.45, 2.75) is 30.3 Å². The lowest BCUT2D eigenvalue weighted by atomic mass is 9.84. The van der Waals surface area contributed by atoms with Crippen LogP contribution >= 0.6 is 0 Å². The standard InChI is InChI=1S/C15H12O6/c16-13-18-11-10-6-7-15(21-10,12(11)19-14(17)20-13)8-9-4-2-1-3-5-9/h1-7,10-12H,8H2. The van der Waals surface area contributed by atoms with Crippen molar-refractivity contribution in [3.63, 3.8) is 0 Å². The summed E-state index contributed by atoms with van der Waals surface area (Å²) in [4.78, 5) is 22.8. The van der Waals surface area contributed by atoms with Gasteiger partial charge < -0.3 is 18.9 Å². The van der Waals surface area contributed by atoms with E-state index in [2.05, 4.69) is 4.74 Å². The summed E-state index contributed by atoms with van der Waals surface area (Å²) in [5.41, 5.74) is 0.219. The van der Waals surface area contributed by atoms with Crippen LogP contribution in [0.2, 0.25) is 0 Å². The molecule has 0 radical (unpaired) electrons. The molecule has 0 aromatic heterocycles. The van der Waals surface area contributed by atoms with Crippen molar-refractivity contribution in [1.29, 1.82) is 0 Å². The van der Waals surface area contributed by atoms with Gasteiger partial charge in [-0.05, 0) is 11.6 Å². The largest absolute Gasteiger partial charge is 0.519 e. The molecule has 3 heterocycles. The zero-order chi connectivity index (χ0) is 14.4. The monoisotopic (exact) mass is 288 g/mol. The highest BCUT2D eigenvalue weighted by atomic mass is 16.8. The molecule has 2 saturated heterocycles. The Kier molecular flexibility index (Phi) is 2.56. The summed E-state index contributed by atoms with van der Waals surface area (Å²) in [6, 6.07) is 9.71. The van der Waals surface area contributed by atoms with Crippen LogP contribution in [0.15, 0.2) is 42.5 Å². The maximum Gasteiger partial charge on any atom is 0.519 e. The first-order valence-electron chi connectivity index (χ1n) is 6.66. The lowest BCUT2D eigenvalue weighted by Crippen LogP contribution is -2.47. The minimum atomic E-state index is -1.05. The van der Waals surface area contributed by atoms with Crippen LogP contribution in [0.4, 0.5) is 9.59 Å². The van der Waals surface area contributed by atoms with E-state index in [4.69, 9.17) is 14.2 Å². The average molecular weight is 288 g/mol. The molecular weight excluding hydrogens is 276 g/mol. The topological polar surface area (TPSA) is 71.1 Å². The number of rotatable bonds is 2. The first-order valence-corrected chi connectivity index (χ1v) is 6.66.